The number of allylic oxidation sites excluding steroid dienone is 2. The van der Waals surface area contributed by atoms with Crippen molar-refractivity contribution in [3.05, 3.63) is 90.0 Å². The van der Waals surface area contributed by atoms with Crippen molar-refractivity contribution in [1.82, 2.24) is 0 Å². The van der Waals surface area contributed by atoms with Crippen LogP contribution in [0.3, 0.4) is 0 Å². The summed E-state index contributed by atoms with van der Waals surface area (Å²) in [7, 11) is 0. The molecular formula is C20H16O. The van der Waals surface area contributed by atoms with Gasteiger partial charge in [0.05, 0.1) is 0 Å². The van der Waals surface area contributed by atoms with Crippen LogP contribution in [0.5, 0.6) is 0 Å². The van der Waals surface area contributed by atoms with E-state index in [4.69, 9.17) is 0 Å². The van der Waals surface area contributed by atoms with Gasteiger partial charge in [-0.05, 0) is 28.3 Å². The quantitative estimate of drug-likeness (QED) is 0.498. The van der Waals surface area contributed by atoms with Crippen LogP contribution in [-0.2, 0) is 11.2 Å². The summed E-state index contributed by atoms with van der Waals surface area (Å²) < 4.78 is 0. The third-order valence-corrected chi connectivity index (χ3v) is 3.66. The van der Waals surface area contributed by atoms with Crippen LogP contribution in [0.15, 0.2) is 78.9 Å². The lowest BCUT2D eigenvalue weighted by atomic mass is 9.99. The molecule has 0 unspecified atom stereocenters. The van der Waals surface area contributed by atoms with E-state index in [1.54, 1.807) is 0 Å². The Bertz CT molecular complexity index is 780. The van der Waals surface area contributed by atoms with E-state index >= 15 is 0 Å². The van der Waals surface area contributed by atoms with Gasteiger partial charge in [0.15, 0.2) is 0 Å². The molecule has 0 spiro atoms. The molecule has 0 bridgehead atoms. The molecule has 3 aromatic rings. The lowest BCUT2D eigenvalue weighted by molar-refractivity contribution is -0.103. The van der Waals surface area contributed by atoms with E-state index in [1.807, 2.05) is 48.5 Å². The highest BCUT2D eigenvalue weighted by molar-refractivity contribution is 6.06. The zero-order valence-electron chi connectivity index (χ0n) is 11.7. The Morgan fingerprint density at radius 2 is 1.52 bits per heavy atom. The van der Waals surface area contributed by atoms with Gasteiger partial charge in [-0.3, -0.25) is 4.79 Å². The van der Waals surface area contributed by atoms with Crippen LogP contribution in [0.4, 0.5) is 0 Å². The van der Waals surface area contributed by atoms with Gasteiger partial charge in [-0.1, -0.05) is 78.9 Å². The Morgan fingerprint density at radius 3 is 2.33 bits per heavy atom. The Morgan fingerprint density at radius 1 is 0.810 bits per heavy atom. The average Bonchev–Trinajstić information content (AvgIpc) is 2.56. The fourth-order valence-electron chi connectivity index (χ4n) is 2.56. The lowest BCUT2D eigenvalue weighted by Crippen LogP contribution is -1.89. The van der Waals surface area contributed by atoms with Crippen LogP contribution in [0.1, 0.15) is 11.1 Å². The molecule has 102 valence electrons. The molecule has 0 fully saturated rings. The van der Waals surface area contributed by atoms with Crippen LogP contribution < -0.4 is 0 Å². The molecule has 1 nitrogen and oxygen atoms in total. The van der Waals surface area contributed by atoms with Crippen LogP contribution in [-0.4, -0.2) is 6.29 Å². The second kappa shape index (κ2) is 6.19. The minimum Gasteiger partial charge on any atom is -0.298 e. The summed E-state index contributed by atoms with van der Waals surface area (Å²) >= 11 is 0. The minimum atomic E-state index is 0.739. The number of benzene rings is 3. The average molecular weight is 272 g/mol. The third kappa shape index (κ3) is 2.92. The number of fused-ring (bicyclic) bond motifs is 1. The third-order valence-electron chi connectivity index (χ3n) is 3.66. The van der Waals surface area contributed by atoms with E-state index in [9.17, 15) is 4.79 Å². The second-order valence-corrected chi connectivity index (χ2v) is 4.99. The molecule has 3 rings (SSSR count). The van der Waals surface area contributed by atoms with Crippen molar-refractivity contribution in [2.45, 2.75) is 6.42 Å². The summed E-state index contributed by atoms with van der Waals surface area (Å²) in [5, 5.41) is 2.48. The van der Waals surface area contributed by atoms with Gasteiger partial charge < -0.3 is 0 Å². The van der Waals surface area contributed by atoms with Crippen molar-refractivity contribution in [3.63, 3.8) is 0 Å². The molecule has 0 aliphatic rings. The standard InChI is InChI=1S/C20H16O/c21-15-19(16-7-2-1-3-8-16)14-13-18-11-6-10-17-9-4-5-12-20(17)18/h1-12,14-15H,13H2. The van der Waals surface area contributed by atoms with E-state index < -0.39 is 0 Å². The molecule has 21 heavy (non-hydrogen) atoms. The number of hydrogen-bond acceptors (Lipinski definition) is 1. The fourth-order valence-corrected chi connectivity index (χ4v) is 2.56. The van der Waals surface area contributed by atoms with E-state index in [0.29, 0.717) is 0 Å². The zero-order valence-corrected chi connectivity index (χ0v) is 11.7. The number of rotatable bonds is 4. The highest BCUT2D eigenvalue weighted by Crippen LogP contribution is 2.20. The van der Waals surface area contributed by atoms with Crippen LogP contribution in [0, 0.1) is 0 Å². The first-order valence-electron chi connectivity index (χ1n) is 7.06. The topological polar surface area (TPSA) is 17.1 Å². The van der Waals surface area contributed by atoms with E-state index in [1.165, 1.54) is 16.3 Å². The molecule has 0 heterocycles. The Kier molecular flexibility index (Phi) is 3.92. The van der Waals surface area contributed by atoms with Gasteiger partial charge in [0.1, 0.15) is 6.29 Å². The second-order valence-electron chi connectivity index (χ2n) is 4.99. The molecule has 3 aromatic carbocycles. The van der Waals surface area contributed by atoms with Crippen LogP contribution in [0.25, 0.3) is 16.3 Å². The number of hydrogen-bond donors (Lipinski definition) is 0. The monoisotopic (exact) mass is 272 g/mol. The first kappa shape index (κ1) is 13.3. The van der Waals surface area contributed by atoms with Crippen molar-refractivity contribution in [2.75, 3.05) is 0 Å². The van der Waals surface area contributed by atoms with Crippen molar-refractivity contribution in [2.24, 2.45) is 0 Å². The molecule has 0 saturated carbocycles. The van der Waals surface area contributed by atoms with Crippen LogP contribution >= 0.6 is 0 Å². The van der Waals surface area contributed by atoms with E-state index in [2.05, 4.69) is 30.3 Å². The highest BCUT2D eigenvalue weighted by atomic mass is 16.1. The molecule has 0 aromatic heterocycles. The fraction of sp³-hybridized carbons (Fsp3) is 0.0500. The number of carbonyl (C=O) groups is 1. The van der Waals surface area contributed by atoms with Crippen LogP contribution in [0.2, 0.25) is 0 Å². The predicted molar refractivity (Wildman–Crippen MR) is 88.1 cm³/mol. The van der Waals surface area contributed by atoms with Gasteiger partial charge in [0, 0.05) is 5.57 Å². The first-order valence-corrected chi connectivity index (χ1v) is 7.06. The Balaban J connectivity index is 1.95. The number of carbonyl (C=O) groups excluding carboxylic acids is 1. The van der Waals surface area contributed by atoms with Crippen molar-refractivity contribution >= 4 is 22.6 Å². The SMILES string of the molecule is O=CC(=CCc1cccc2ccccc12)c1ccccc1. The smallest absolute Gasteiger partial charge is 0.150 e. The molecule has 0 aliphatic heterocycles. The first-order chi connectivity index (χ1) is 10.4. The summed E-state index contributed by atoms with van der Waals surface area (Å²) in [6.45, 7) is 0. The van der Waals surface area contributed by atoms with Gasteiger partial charge >= 0.3 is 0 Å². The van der Waals surface area contributed by atoms with E-state index in [-0.39, 0.29) is 0 Å². The van der Waals surface area contributed by atoms with Crippen molar-refractivity contribution in [1.29, 1.82) is 0 Å². The van der Waals surface area contributed by atoms with Gasteiger partial charge in [-0.15, -0.1) is 0 Å². The molecule has 0 amide bonds. The summed E-state index contributed by atoms with van der Waals surface area (Å²) in [6.07, 6.45) is 3.69. The normalized spacial score (nSPS) is 11.5. The van der Waals surface area contributed by atoms with Gasteiger partial charge in [0.2, 0.25) is 0 Å². The molecule has 0 atom stereocenters. The maximum absolute atomic E-state index is 11.3. The zero-order chi connectivity index (χ0) is 14.5. The van der Waals surface area contributed by atoms with Gasteiger partial charge in [-0.2, -0.15) is 0 Å². The Labute approximate surface area is 124 Å². The minimum absolute atomic E-state index is 0.739. The Hall–Kier alpha value is -2.67. The summed E-state index contributed by atoms with van der Waals surface area (Å²) in [5.41, 5.74) is 2.94. The van der Waals surface area contributed by atoms with Crippen molar-refractivity contribution < 1.29 is 4.79 Å². The highest BCUT2D eigenvalue weighted by Gasteiger charge is 2.02. The summed E-state index contributed by atoms with van der Waals surface area (Å²) in [5.74, 6) is 0. The van der Waals surface area contributed by atoms with Crippen molar-refractivity contribution in [3.8, 4) is 0 Å². The van der Waals surface area contributed by atoms with Gasteiger partial charge in [-0.25, -0.2) is 0 Å². The molecule has 0 N–H and O–H groups in total. The lowest BCUT2D eigenvalue weighted by Gasteiger charge is -2.05. The van der Waals surface area contributed by atoms with Gasteiger partial charge in [0.25, 0.3) is 0 Å². The number of aldehydes is 1. The molecule has 0 radical (unpaired) electrons. The molecule has 0 saturated heterocycles. The summed E-state index contributed by atoms with van der Waals surface area (Å²) in [6, 6.07) is 24.4. The maximum atomic E-state index is 11.3. The van der Waals surface area contributed by atoms with E-state index in [0.717, 1.165) is 23.8 Å². The molecule has 0 aliphatic carbocycles. The molecular weight excluding hydrogens is 256 g/mol. The summed E-state index contributed by atoms with van der Waals surface area (Å²) in [4.78, 5) is 11.3. The largest absolute Gasteiger partial charge is 0.298 e. The molecule has 1 heteroatoms. The predicted octanol–water partition coefficient (Wildman–Crippen LogP) is 4.66. The maximum Gasteiger partial charge on any atom is 0.150 e.